The quantitative estimate of drug-likeness (QED) is 0.618. The first-order chi connectivity index (χ1) is 10.9. The lowest BCUT2D eigenvalue weighted by atomic mass is 10.0. The molecule has 0 radical (unpaired) electrons. The molecule has 0 saturated heterocycles. The zero-order valence-corrected chi connectivity index (χ0v) is 11.5. The first kappa shape index (κ1) is 15.3. The maximum absolute atomic E-state index is 13.5. The first-order valence-electron chi connectivity index (χ1n) is 6.60. The molecule has 0 spiro atoms. The summed E-state index contributed by atoms with van der Waals surface area (Å²) in [6.07, 6.45) is -1.42. The van der Waals surface area contributed by atoms with Crippen molar-refractivity contribution in [2.75, 3.05) is 0 Å². The van der Waals surface area contributed by atoms with Gasteiger partial charge in [-0.2, -0.15) is 13.2 Å². The van der Waals surface area contributed by atoms with E-state index in [1.54, 1.807) is 29.1 Å². The van der Waals surface area contributed by atoms with E-state index in [2.05, 4.69) is 0 Å². The number of aromatic nitrogens is 1. The van der Waals surface area contributed by atoms with Crippen LogP contribution in [0, 0.1) is 11.6 Å². The molecule has 0 aliphatic heterocycles. The molecule has 2 nitrogen and oxygen atoms in total. The Labute approximate surface area is 127 Å². The van der Waals surface area contributed by atoms with E-state index >= 15 is 0 Å². The summed E-state index contributed by atoms with van der Waals surface area (Å²) in [6.45, 7) is 0. The van der Waals surface area contributed by atoms with Crippen molar-refractivity contribution in [2.24, 2.45) is 0 Å². The van der Waals surface area contributed by atoms with Crippen LogP contribution in [0.2, 0.25) is 0 Å². The molecule has 0 amide bonds. The molecule has 23 heavy (non-hydrogen) atoms. The Morgan fingerprint density at radius 1 is 0.913 bits per heavy atom. The fourth-order valence-electron chi connectivity index (χ4n) is 2.34. The summed E-state index contributed by atoms with van der Waals surface area (Å²) in [5, 5.41) is 0. The van der Waals surface area contributed by atoms with Crippen LogP contribution in [0.5, 0.6) is 0 Å². The molecule has 0 saturated carbocycles. The predicted octanol–water partition coefficient (Wildman–Crippen LogP) is 5.02. The Kier molecular flexibility index (Phi) is 3.71. The summed E-state index contributed by atoms with van der Waals surface area (Å²) in [4.78, 5) is 0. The summed E-state index contributed by atoms with van der Waals surface area (Å²) in [7, 11) is 0. The minimum atomic E-state index is -4.62. The number of hydrogen-bond donors (Lipinski definition) is 0. The Morgan fingerprint density at radius 2 is 1.61 bits per heavy atom. The molecule has 0 N–H and O–H groups in total. The van der Waals surface area contributed by atoms with Crippen molar-refractivity contribution in [3.8, 4) is 0 Å². The lowest BCUT2D eigenvalue weighted by Gasteiger charge is -2.18. The molecular formula is C16H10F5NO. The molecule has 2 heterocycles. The maximum atomic E-state index is 13.5. The van der Waals surface area contributed by atoms with Crippen LogP contribution in [-0.4, -0.2) is 4.57 Å². The summed E-state index contributed by atoms with van der Waals surface area (Å²) >= 11 is 0. The summed E-state index contributed by atoms with van der Waals surface area (Å²) in [6, 6.07) is 7.65. The Hall–Kier alpha value is -2.57. The SMILES string of the molecule is Fc1ccc(C(c2ccc(C(F)(F)F)o2)n2cccc2)cc1F. The number of hydrogen-bond acceptors (Lipinski definition) is 1. The second-order valence-electron chi connectivity index (χ2n) is 4.91. The van der Waals surface area contributed by atoms with E-state index in [-0.39, 0.29) is 11.3 Å². The van der Waals surface area contributed by atoms with E-state index in [4.69, 9.17) is 4.42 Å². The smallest absolute Gasteiger partial charge is 0.449 e. The summed E-state index contributed by atoms with van der Waals surface area (Å²) in [5.74, 6) is -3.29. The standard InChI is InChI=1S/C16H10F5NO/c17-11-4-3-10(9-12(11)18)15(22-7-1-2-8-22)13-5-6-14(23-13)16(19,20)21/h1-9,15H. The van der Waals surface area contributed by atoms with Gasteiger partial charge >= 0.3 is 6.18 Å². The number of nitrogens with zero attached hydrogens (tertiary/aromatic N) is 1. The van der Waals surface area contributed by atoms with Crippen LogP contribution in [0.3, 0.4) is 0 Å². The average Bonchev–Trinajstić information content (AvgIpc) is 3.14. The van der Waals surface area contributed by atoms with E-state index < -0.39 is 29.6 Å². The molecule has 3 aromatic rings. The van der Waals surface area contributed by atoms with Gasteiger partial charge in [-0.15, -0.1) is 0 Å². The van der Waals surface area contributed by atoms with Gasteiger partial charge in [-0.05, 0) is 42.0 Å². The average molecular weight is 327 g/mol. The van der Waals surface area contributed by atoms with Gasteiger partial charge in [-0.1, -0.05) is 6.07 Å². The molecule has 0 fully saturated rings. The van der Waals surface area contributed by atoms with E-state index in [1.807, 2.05) is 0 Å². The minimum Gasteiger partial charge on any atom is -0.454 e. The Morgan fingerprint density at radius 3 is 2.17 bits per heavy atom. The number of rotatable bonds is 3. The molecule has 7 heteroatoms. The van der Waals surface area contributed by atoms with Gasteiger partial charge in [0.25, 0.3) is 0 Å². The van der Waals surface area contributed by atoms with Gasteiger partial charge in [-0.25, -0.2) is 8.78 Å². The van der Waals surface area contributed by atoms with Crippen molar-refractivity contribution in [2.45, 2.75) is 12.2 Å². The van der Waals surface area contributed by atoms with Crippen LogP contribution in [0.25, 0.3) is 0 Å². The highest BCUT2D eigenvalue weighted by atomic mass is 19.4. The fourth-order valence-corrected chi connectivity index (χ4v) is 2.34. The molecule has 3 rings (SSSR count). The van der Waals surface area contributed by atoms with Gasteiger partial charge in [0, 0.05) is 12.4 Å². The zero-order chi connectivity index (χ0) is 16.6. The van der Waals surface area contributed by atoms with Crippen molar-refractivity contribution in [3.05, 3.63) is 83.6 Å². The third-order valence-corrected chi connectivity index (χ3v) is 3.36. The summed E-state index contributed by atoms with van der Waals surface area (Å²) < 4.78 is 71.2. The van der Waals surface area contributed by atoms with Gasteiger partial charge in [0.2, 0.25) is 5.76 Å². The van der Waals surface area contributed by atoms with Crippen LogP contribution in [0.15, 0.2) is 59.3 Å². The second kappa shape index (κ2) is 5.57. The van der Waals surface area contributed by atoms with E-state index in [0.717, 1.165) is 18.2 Å². The molecule has 1 aromatic carbocycles. The van der Waals surface area contributed by atoms with Gasteiger partial charge in [0.1, 0.15) is 11.8 Å². The molecule has 1 unspecified atom stereocenters. The van der Waals surface area contributed by atoms with Crippen LogP contribution < -0.4 is 0 Å². The normalized spacial score (nSPS) is 13.3. The van der Waals surface area contributed by atoms with Gasteiger partial charge in [0.05, 0.1) is 0 Å². The lowest BCUT2D eigenvalue weighted by molar-refractivity contribution is -0.153. The van der Waals surface area contributed by atoms with Crippen molar-refractivity contribution in [1.29, 1.82) is 0 Å². The van der Waals surface area contributed by atoms with Gasteiger partial charge < -0.3 is 8.98 Å². The summed E-state index contributed by atoms with van der Waals surface area (Å²) in [5.41, 5.74) is 0.267. The largest absolute Gasteiger partial charge is 0.454 e. The minimum absolute atomic E-state index is 0.0282. The number of alkyl halides is 3. The number of furan rings is 1. The molecule has 0 aliphatic carbocycles. The number of halogens is 5. The van der Waals surface area contributed by atoms with Gasteiger partial charge in [-0.3, -0.25) is 0 Å². The number of benzene rings is 1. The van der Waals surface area contributed by atoms with Crippen molar-refractivity contribution in [3.63, 3.8) is 0 Å². The van der Waals surface area contributed by atoms with Crippen LogP contribution in [0.4, 0.5) is 22.0 Å². The van der Waals surface area contributed by atoms with E-state index in [0.29, 0.717) is 0 Å². The molecule has 2 aromatic heterocycles. The maximum Gasteiger partial charge on any atom is 0.449 e. The molecule has 1 atom stereocenters. The predicted molar refractivity (Wildman–Crippen MR) is 71.7 cm³/mol. The highest BCUT2D eigenvalue weighted by Crippen LogP contribution is 2.35. The fraction of sp³-hybridized carbons (Fsp3) is 0.125. The van der Waals surface area contributed by atoms with Gasteiger partial charge in [0.15, 0.2) is 11.6 Å². The van der Waals surface area contributed by atoms with Crippen molar-refractivity contribution >= 4 is 0 Å². The Balaban J connectivity index is 2.10. The first-order valence-corrected chi connectivity index (χ1v) is 6.60. The van der Waals surface area contributed by atoms with Crippen molar-refractivity contribution < 1.29 is 26.4 Å². The van der Waals surface area contributed by atoms with Crippen molar-refractivity contribution in [1.82, 2.24) is 4.57 Å². The molecule has 120 valence electrons. The highest BCUT2D eigenvalue weighted by molar-refractivity contribution is 5.30. The Bertz CT molecular complexity index is 804. The molecule has 0 bridgehead atoms. The highest BCUT2D eigenvalue weighted by Gasteiger charge is 2.36. The van der Waals surface area contributed by atoms with E-state index in [9.17, 15) is 22.0 Å². The van der Waals surface area contributed by atoms with Crippen LogP contribution in [-0.2, 0) is 6.18 Å². The molecule has 0 aliphatic rings. The zero-order valence-electron chi connectivity index (χ0n) is 11.5. The second-order valence-corrected chi connectivity index (χ2v) is 4.91. The third kappa shape index (κ3) is 2.99. The molecular weight excluding hydrogens is 317 g/mol. The van der Waals surface area contributed by atoms with E-state index in [1.165, 1.54) is 12.1 Å². The monoisotopic (exact) mass is 327 g/mol. The topological polar surface area (TPSA) is 18.1 Å². The lowest BCUT2D eigenvalue weighted by Crippen LogP contribution is -2.10. The van der Waals surface area contributed by atoms with Crippen LogP contribution >= 0.6 is 0 Å². The van der Waals surface area contributed by atoms with Crippen LogP contribution in [0.1, 0.15) is 23.1 Å². The third-order valence-electron chi connectivity index (χ3n) is 3.36.